The third kappa shape index (κ3) is 2.65. The topological polar surface area (TPSA) is 74.9 Å². The molecule has 2 rings (SSSR count). The molecule has 0 aliphatic rings. The van der Waals surface area contributed by atoms with Gasteiger partial charge in [0, 0.05) is 13.0 Å². The number of nitrogens with zero attached hydrogens (tertiary/aromatic N) is 1. The van der Waals surface area contributed by atoms with E-state index in [9.17, 15) is 5.11 Å². The third-order valence-electron chi connectivity index (χ3n) is 2.76. The number of aliphatic hydroxyl groups is 1. The molecule has 4 heteroatoms. The Bertz CT molecular complexity index is 504. The maximum atomic E-state index is 9.68. The average Bonchev–Trinajstić information content (AvgIpc) is 2.67. The molecule has 0 aliphatic heterocycles. The molecule has 4 N–H and O–H groups in total. The van der Waals surface area contributed by atoms with Crippen molar-refractivity contribution in [3.63, 3.8) is 0 Å². The predicted molar refractivity (Wildman–Crippen MR) is 68.6 cm³/mol. The van der Waals surface area contributed by atoms with Gasteiger partial charge in [0.1, 0.15) is 5.82 Å². The van der Waals surface area contributed by atoms with E-state index in [1.807, 2.05) is 18.2 Å². The van der Waals surface area contributed by atoms with Gasteiger partial charge in [-0.15, -0.1) is 0 Å². The zero-order valence-electron chi connectivity index (χ0n) is 10.3. The van der Waals surface area contributed by atoms with Crippen LogP contribution in [0.25, 0.3) is 11.0 Å². The van der Waals surface area contributed by atoms with Crippen molar-refractivity contribution in [2.45, 2.75) is 26.4 Å². The second-order valence-electron chi connectivity index (χ2n) is 4.81. The van der Waals surface area contributed by atoms with E-state index in [0.29, 0.717) is 5.92 Å². The highest BCUT2D eigenvalue weighted by Crippen LogP contribution is 2.19. The monoisotopic (exact) mass is 233 g/mol. The number of fused-ring (bicyclic) bond motifs is 1. The highest BCUT2D eigenvalue weighted by molar-refractivity contribution is 5.76. The number of nitrogens with two attached hydrogens (primary N) is 1. The van der Waals surface area contributed by atoms with Crippen molar-refractivity contribution in [1.29, 1.82) is 0 Å². The Hall–Kier alpha value is -1.39. The summed E-state index contributed by atoms with van der Waals surface area (Å²) < 4.78 is 0. The van der Waals surface area contributed by atoms with E-state index < -0.39 is 6.10 Å². The van der Waals surface area contributed by atoms with Crippen LogP contribution in [0.1, 0.15) is 31.3 Å². The van der Waals surface area contributed by atoms with Crippen molar-refractivity contribution >= 4 is 11.0 Å². The van der Waals surface area contributed by atoms with Crippen LogP contribution in [-0.4, -0.2) is 21.6 Å². The molecular formula is C13H19N3O. The average molecular weight is 233 g/mol. The molecule has 0 saturated heterocycles. The number of aromatic amines is 1. The molecule has 0 amide bonds. The molecule has 0 radical (unpaired) electrons. The maximum Gasteiger partial charge on any atom is 0.107 e. The number of H-pyrrole nitrogens is 1. The maximum absolute atomic E-state index is 9.68. The van der Waals surface area contributed by atoms with Crippen molar-refractivity contribution in [2.24, 2.45) is 11.7 Å². The number of hydrogen-bond acceptors (Lipinski definition) is 3. The summed E-state index contributed by atoms with van der Waals surface area (Å²) in [6.07, 6.45) is 0.333. The molecule has 1 atom stereocenters. The van der Waals surface area contributed by atoms with Crippen molar-refractivity contribution in [2.75, 3.05) is 6.54 Å². The summed E-state index contributed by atoms with van der Waals surface area (Å²) in [6, 6.07) is 5.72. The minimum atomic E-state index is -0.601. The lowest BCUT2D eigenvalue weighted by Crippen LogP contribution is -2.11. The van der Waals surface area contributed by atoms with Gasteiger partial charge < -0.3 is 15.8 Å². The van der Waals surface area contributed by atoms with Gasteiger partial charge in [-0.3, -0.25) is 0 Å². The number of imidazole rings is 1. The van der Waals surface area contributed by atoms with Gasteiger partial charge in [-0.1, -0.05) is 19.9 Å². The lowest BCUT2D eigenvalue weighted by Gasteiger charge is -2.06. The molecule has 92 valence electrons. The Balaban J connectivity index is 2.34. The van der Waals surface area contributed by atoms with E-state index in [-0.39, 0.29) is 6.54 Å². The number of rotatable bonds is 4. The van der Waals surface area contributed by atoms with Crippen LogP contribution in [-0.2, 0) is 6.42 Å². The van der Waals surface area contributed by atoms with E-state index in [1.54, 1.807) is 0 Å². The fraction of sp³-hybridized carbons (Fsp3) is 0.462. The molecule has 0 spiro atoms. The summed E-state index contributed by atoms with van der Waals surface area (Å²) in [6.45, 7) is 4.56. The quantitative estimate of drug-likeness (QED) is 0.753. The Kier molecular flexibility index (Phi) is 3.45. The van der Waals surface area contributed by atoms with Crippen molar-refractivity contribution < 1.29 is 5.11 Å². The van der Waals surface area contributed by atoms with Gasteiger partial charge in [-0.25, -0.2) is 4.98 Å². The number of hydrogen-bond donors (Lipinski definition) is 3. The molecule has 0 aliphatic carbocycles. The SMILES string of the molecule is CC(C)Cc1nc2ccc(C(O)CN)cc2[nH]1. The van der Waals surface area contributed by atoms with Crippen LogP contribution in [0.3, 0.4) is 0 Å². The van der Waals surface area contributed by atoms with Gasteiger partial charge in [0.25, 0.3) is 0 Å². The molecule has 0 saturated carbocycles. The summed E-state index contributed by atoms with van der Waals surface area (Å²) >= 11 is 0. The predicted octanol–water partition coefficient (Wildman–Crippen LogP) is 1.75. The molecular weight excluding hydrogens is 214 g/mol. The largest absolute Gasteiger partial charge is 0.387 e. The zero-order chi connectivity index (χ0) is 12.4. The van der Waals surface area contributed by atoms with Crippen molar-refractivity contribution in [1.82, 2.24) is 9.97 Å². The molecule has 2 aromatic rings. The normalized spacial score (nSPS) is 13.5. The molecule has 1 aromatic heterocycles. The number of nitrogens with one attached hydrogen (secondary N) is 1. The fourth-order valence-electron chi connectivity index (χ4n) is 1.91. The first-order valence-corrected chi connectivity index (χ1v) is 5.97. The summed E-state index contributed by atoms with van der Waals surface area (Å²) in [5.41, 5.74) is 8.18. The van der Waals surface area contributed by atoms with Crippen LogP contribution in [0, 0.1) is 5.92 Å². The smallest absolute Gasteiger partial charge is 0.107 e. The first kappa shape index (κ1) is 12.1. The number of aliphatic hydroxyl groups excluding tert-OH is 1. The van der Waals surface area contributed by atoms with Gasteiger partial charge in [-0.2, -0.15) is 0 Å². The lowest BCUT2D eigenvalue weighted by atomic mass is 10.1. The van der Waals surface area contributed by atoms with Crippen LogP contribution in [0.2, 0.25) is 0 Å². The highest BCUT2D eigenvalue weighted by atomic mass is 16.3. The molecule has 1 aromatic carbocycles. The zero-order valence-corrected chi connectivity index (χ0v) is 10.3. The first-order valence-electron chi connectivity index (χ1n) is 5.97. The van der Waals surface area contributed by atoms with Crippen molar-refractivity contribution in [3.8, 4) is 0 Å². The number of aromatic nitrogens is 2. The molecule has 1 heterocycles. The Morgan fingerprint density at radius 1 is 1.41 bits per heavy atom. The Morgan fingerprint density at radius 3 is 2.82 bits per heavy atom. The summed E-state index contributed by atoms with van der Waals surface area (Å²) in [7, 11) is 0. The van der Waals surface area contributed by atoms with Gasteiger partial charge in [0.15, 0.2) is 0 Å². The van der Waals surface area contributed by atoms with Gasteiger partial charge in [-0.05, 0) is 23.6 Å². The van der Waals surface area contributed by atoms with Crippen molar-refractivity contribution in [3.05, 3.63) is 29.6 Å². The summed E-state index contributed by atoms with van der Waals surface area (Å²) in [4.78, 5) is 7.79. The van der Waals surface area contributed by atoms with Crippen LogP contribution < -0.4 is 5.73 Å². The lowest BCUT2D eigenvalue weighted by molar-refractivity contribution is 0.187. The minimum Gasteiger partial charge on any atom is -0.387 e. The summed E-state index contributed by atoms with van der Waals surface area (Å²) in [5, 5.41) is 9.68. The third-order valence-corrected chi connectivity index (χ3v) is 2.76. The Morgan fingerprint density at radius 2 is 2.18 bits per heavy atom. The van der Waals surface area contributed by atoms with E-state index in [2.05, 4.69) is 23.8 Å². The molecule has 4 nitrogen and oxygen atoms in total. The second-order valence-corrected chi connectivity index (χ2v) is 4.81. The molecule has 17 heavy (non-hydrogen) atoms. The summed E-state index contributed by atoms with van der Waals surface area (Å²) in [5.74, 6) is 1.57. The van der Waals surface area contributed by atoms with E-state index in [0.717, 1.165) is 28.8 Å². The van der Waals surface area contributed by atoms with Crippen LogP contribution in [0.15, 0.2) is 18.2 Å². The first-order chi connectivity index (χ1) is 8.10. The molecule has 1 unspecified atom stereocenters. The van der Waals surface area contributed by atoms with Gasteiger partial charge in [0.05, 0.1) is 17.1 Å². The molecule has 0 bridgehead atoms. The molecule has 0 fully saturated rings. The van der Waals surface area contributed by atoms with Crippen LogP contribution >= 0.6 is 0 Å². The van der Waals surface area contributed by atoms with Gasteiger partial charge in [0.2, 0.25) is 0 Å². The van der Waals surface area contributed by atoms with E-state index >= 15 is 0 Å². The fourth-order valence-corrected chi connectivity index (χ4v) is 1.91. The minimum absolute atomic E-state index is 0.235. The Labute approximate surface area is 101 Å². The second kappa shape index (κ2) is 4.85. The number of benzene rings is 1. The van der Waals surface area contributed by atoms with Crippen LogP contribution in [0.4, 0.5) is 0 Å². The van der Waals surface area contributed by atoms with E-state index in [1.165, 1.54) is 0 Å². The standard InChI is InChI=1S/C13H19N3O/c1-8(2)5-13-15-10-4-3-9(12(17)7-14)6-11(10)16-13/h3-4,6,8,12,17H,5,7,14H2,1-2H3,(H,15,16). The van der Waals surface area contributed by atoms with Gasteiger partial charge >= 0.3 is 0 Å². The van der Waals surface area contributed by atoms with Crippen LogP contribution in [0.5, 0.6) is 0 Å². The highest BCUT2D eigenvalue weighted by Gasteiger charge is 2.09. The van der Waals surface area contributed by atoms with E-state index in [4.69, 9.17) is 5.73 Å².